The number of hydrogen-bond donors (Lipinski definition) is 0. The summed E-state index contributed by atoms with van der Waals surface area (Å²) in [6.07, 6.45) is 47.2. The van der Waals surface area contributed by atoms with E-state index in [1.165, 1.54) is 192 Å². The molecule has 0 aliphatic rings. The predicted molar refractivity (Wildman–Crippen MR) is 196 cm³/mol. The molecule has 2 nitrogen and oxygen atoms in total. The molecule has 1 aromatic heterocycles. The van der Waals surface area contributed by atoms with Gasteiger partial charge in [0.15, 0.2) is 0 Å². The summed E-state index contributed by atoms with van der Waals surface area (Å²) in [6.45, 7) is 4.62. The van der Waals surface area contributed by atoms with Gasteiger partial charge in [-0.1, -0.05) is 211 Å². The highest BCUT2D eigenvalue weighted by Gasteiger charge is 2.23. The van der Waals surface area contributed by atoms with Crippen LogP contribution in [0.3, 0.4) is 0 Å². The SMILES string of the molecule is CCCCCCCCCCCCCCCC(Cc1ccccc1)C(CCCCCCCCCCCCCCC)n1ccnc1. The molecule has 0 amide bonds. The van der Waals surface area contributed by atoms with E-state index in [0.29, 0.717) is 12.0 Å². The van der Waals surface area contributed by atoms with Gasteiger partial charge < -0.3 is 4.57 Å². The Labute approximate surface area is 275 Å². The second-order valence-corrected chi connectivity index (χ2v) is 14.1. The molecule has 0 saturated carbocycles. The minimum atomic E-state index is 0.572. The average molecular weight is 607 g/mol. The number of unbranched alkanes of at least 4 members (excludes halogenated alkanes) is 24. The first-order valence-corrected chi connectivity index (χ1v) is 19.9. The molecule has 2 aromatic rings. The maximum absolute atomic E-state index is 4.48. The van der Waals surface area contributed by atoms with Gasteiger partial charge in [0, 0.05) is 18.4 Å². The van der Waals surface area contributed by atoms with Gasteiger partial charge in [-0.05, 0) is 30.7 Å². The Hall–Kier alpha value is -1.57. The van der Waals surface area contributed by atoms with Gasteiger partial charge in [-0.25, -0.2) is 4.98 Å². The number of hydrogen-bond acceptors (Lipinski definition) is 1. The summed E-state index contributed by atoms with van der Waals surface area (Å²) in [6, 6.07) is 11.8. The van der Waals surface area contributed by atoms with Gasteiger partial charge in [0.1, 0.15) is 0 Å². The van der Waals surface area contributed by atoms with E-state index in [1.54, 1.807) is 0 Å². The number of rotatable bonds is 32. The molecule has 2 rings (SSSR count). The van der Waals surface area contributed by atoms with Crippen LogP contribution in [0.15, 0.2) is 49.1 Å². The Balaban J connectivity index is 1.68. The van der Waals surface area contributed by atoms with Crippen LogP contribution in [-0.2, 0) is 6.42 Å². The molecular weight excluding hydrogens is 532 g/mol. The maximum Gasteiger partial charge on any atom is 0.0948 e. The summed E-state index contributed by atoms with van der Waals surface area (Å²) < 4.78 is 2.45. The van der Waals surface area contributed by atoms with Crippen molar-refractivity contribution in [3.63, 3.8) is 0 Å². The lowest BCUT2D eigenvalue weighted by atomic mass is 9.84. The van der Waals surface area contributed by atoms with Crippen LogP contribution in [0.4, 0.5) is 0 Å². The predicted octanol–water partition coefficient (Wildman–Crippen LogP) is 14.2. The minimum absolute atomic E-state index is 0.572. The Morgan fingerprint density at radius 2 is 0.909 bits per heavy atom. The largest absolute Gasteiger partial charge is 0.334 e. The van der Waals surface area contributed by atoms with Gasteiger partial charge in [0.05, 0.1) is 6.33 Å². The fraction of sp³-hybridized carbons (Fsp3) is 0.786. The quantitative estimate of drug-likeness (QED) is 0.0757. The zero-order chi connectivity index (χ0) is 31.2. The van der Waals surface area contributed by atoms with E-state index in [2.05, 4.69) is 66.3 Å². The highest BCUT2D eigenvalue weighted by atomic mass is 15.1. The normalized spacial score (nSPS) is 13.0. The van der Waals surface area contributed by atoms with Gasteiger partial charge >= 0.3 is 0 Å². The van der Waals surface area contributed by atoms with Crippen molar-refractivity contribution in [1.29, 1.82) is 0 Å². The van der Waals surface area contributed by atoms with Crippen molar-refractivity contribution in [2.75, 3.05) is 0 Å². The summed E-state index contributed by atoms with van der Waals surface area (Å²) in [4.78, 5) is 4.48. The minimum Gasteiger partial charge on any atom is -0.334 e. The second-order valence-electron chi connectivity index (χ2n) is 14.1. The van der Waals surface area contributed by atoms with Crippen LogP contribution in [-0.4, -0.2) is 9.55 Å². The zero-order valence-corrected chi connectivity index (χ0v) is 29.7. The first-order chi connectivity index (χ1) is 21.8. The second kappa shape index (κ2) is 28.9. The van der Waals surface area contributed by atoms with E-state index >= 15 is 0 Å². The van der Waals surface area contributed by atoms with Crippen molar-refractivity contribution in [3.8, 4) is 0 Å². The smallest absolute Gasteiger partial charge is 0.0948 e. The summed E-state index contributed by atoms with van der Waals surface area (Å²) in [7, 11) is 0. The molecular formula is C42H74N2. The molecule has 0 saturated heterocycles. The third kappa shape index (κ3) is 20.5. The molecule has 0 bridgehead atoms. The maximum atomic E-state index is 4.48. The standard InChI is InChI=1S/C42H74N2/c1-3-5-7-9-11-13-15-17-19-21-23-25-30-34-41(38-40-32-28-27-29-33-40)42(44-37-36-43-39-44)35-31-26-24-22-20-18-16-14-12-10-8-6-4-2/h27-29,32-33,36-37,39,41-42H,3-26,30-31,34-35,38H2,1-2H3. The molecule has 0 spiro atoms. The van der Waals surface area contributed by atoms with Gasteiger partial charge in [-0.2, -0.15) is 0 Å². The topological polar surface area (TPSA) is 17.8 Å². The van der Waals surface area contributed by atoms with Crippen LogP contribution in [0.5, 0.6) is 0 Å². The fourth-order valence-corrected chi connectivity index (χ4v) is 7.24. The number of imidazole rings is 1. The molecule has 1 heterocycles. The summed E-state index contributed by atoms with van der Waals surface area (Å²) >= 11 is 0. The summed E-state index contributed by atoms with van der Waals surface area (Å²) in [5.74, 6) is 0.691. The average Bonchev–Trinajstić information content (AvgIpc) is 3.58. The lowest BCUT2D eigenvalue weighted by Crippen LogP contribution is -2.21. The van der Waals surface area contributed by atoms with Crippen LogP contribution in [0.25, 0.3) is 0 Å². The molecule has 0 fully saturated rings. The molecule has 2 unspecified atom stereocenters. The molecule has 0 N–H and O–H groups in total. The van der Waals surface area contributed by atoms with E-state index in [9.17, 15) is 0 Å². The van der Waals surface area contributed by atoms with Crippen molar-refractivity contribution in [1.82, 2.24) is 9.55 Å². The third-order valence-corrected chi connectivity index (χ3v) is 10.1. The van der Waals surface area contributed by atoms with E-state index < -0.39 is 0 Å². The Morgan fingerprint density at radius 1 is 0.500 bits per heavy atom. The highest BCUT2D eigenvalue weighted by molar-refractivity contribution is 5.15. The van der Waals surface area contributed by atoms with E-state index in [4.69, 9.17) is 0 Å². The molecule has 1 aromatic carbocycles. The van der Waals surface area contributed by atoms with Gasteiger partial charge in [0.2, 0.25) is 0 Å². The Morgan fingerprint density at radius 3 is 1.32 bits per heavy atom. The first kappa shape index (κ1) is 38.6. The lowest BCUT2D eigenvalue weighted by molar-refractivity contribution is 0.275. The number of nitrogens with zero attached hydrogens (tertiary/aromatic N) is 2. The molecule has 0 radical (unpaired) electrons. The van der Waals surface area contributed by atoms with Crippen LogP contribution in [0, 0.1) is 5.92 Å². The number of benzene rings is 1. The monoisotopic (exact) mass is 607 g/mol. The zero-order valence-electron chi connectivity index (χ0n) is 29.7. The van der Waals surface area contributed by atoms with Crippen molar-refractivity contribution in [2.24, 2.45) is 5.92 Å². The van der Waals surface area contributed by atoms with Gasteiger partial charge in [-0.15, -0.1) is 0 Å². The molecule has 0 aliphatic heterocycles. The van der Waals surface area contributed by atoms with E-state index in [-0.39, 0.29) is 0 Å². The molecule has 2 atom stereocenters. The highest BCUT2D eigenvalue weighted by Crippen LogP contribution is 2.32. The van der Waals surface area contributed by atoms with Gasteiger partial charge in [-0.3, -0.25) is 0 Å². The van der Waals surface area contributed by atoms with Crippen LogP contribution in [0.1, 0.15) is 205 Å². The Kier molecular flexibility index (Phi) is 25.3. The van der Waals surface area contributed by atoms with Crippen molar-refractivity contribution in [2.45, 2.75) is 206 Å². The van der Waals surface area contributed by atoms with Crippen molar-refractivity contribution in [3.05, 3.63) is 54.6 Å². The molecule has 252 valence electrons. The fourth-order valence-electron chi connectivity index (χ4n) is 7.24. The summed E-state index contributed by atoms with van der Waals surface area (Å²) in [5.41, 5.74) is 1.50. The molecule has 0 aliphatic carbocycles. The lowest BCUT2D eigenvalue weighted by Gasteiger charge is -2.29. The van der Waals surface area contributed by atoms with Crippen molar-refractivity contribution < 1.29 is 0 Å². The van der Waals surface area contributed by atoms with Crippen LogP contribution < -0.4 is 0 Å². The van der Waals surface area contributed by atoms with Crippen molar-refractivity contribution >= 4 is 0 Å². The van der Waals surface area contributed by atoms with E-state index in [1.807, 2.05) is 6.20 Å². The molecule has 2 heteroatoms. The van der Waals surface area contributed by atoms with Crippen LogP contribution >= 0.6 is 0 Å². The third-order valence-electron chi connectivity index (χ3n) is 10.1. The Bertz CT molecular complexity index is 814. The van der Waals surface area contributed by atoms with E-state index in [0.717, 1.165) is 0 Å². The van der Waals surface area contributed by atoms with Gasteiger partial charge in [0.25, 0.3) is 0 Å². The van der Waals surface area contributed by atoms with Crippen LogP contribution in [0.2, 0.25) is 0 Å². The number of aromatic nitrogens is 2. The summed E-state index contributed by atoms with van der Waals surface area (Å²) in [5, 5.41) is 0. The first-order valence-electron chi connectivity index (χ1n) is 19.9. The molecule has 44 heavy (non-hydrogen) atoms.